The third-order valence-corrected chi connectivity index (χ3v) is 12.7. The van der Waals surface area contributed by atoms with Gasteiger partial charge >= 0.3 is 0 Å². The van der Waals surface area contributed by atoms with Gasteiger partial charge in [0.2, 0.25) is 0 Å². The molecule has 268 valence electrons. The highest BCUT2D eigenvalue weighted by Gasteiger charge is 2.37. The molecule has 8 aromatic carbocycles. The van der Waals surface area contributed by atoms with Crippen LogP contribution in [0.5, 0.6) is 0 Å². The van der Waals surface area contributed by atoms with Crippen LogP contribution in [0.25, 0.3) is 66.4 Å². The number of furan rings is 1. The lowest BCUT2D eigenvalue weighted by Gasteiger charge is -2.31. The van der Waals surface area contributed by atoms with Crippen LogP contribution >= 0.6 is 0 Å². The molecule has 2 aliphatic rings. The molecule has 0 atom stereocenters. The summed E-state index contributed by atoms with van der Waals surface area (Å²) in [5, 5.41) is 2.21. The van der Waals surface area contributed by atoms with E-state index >= 15 is 0 Å². The van der Waals surface area contributed by atoms with Crippen LogP contribution in [0, 0.1) is 0 Å². The van der Waals surface area contributed by atoms with Gasteiger partial charge in [-0.1, -0.05) is 161 Å². The number of hydrogen-bond acceptors (Lipinski definition) is 2. The Labute approximate surface area is 328 Å². The Balaban J connectivity index is 1.24. The Morgan fingerprint density at radius 2 is 0.946 bits per heavy atom. The Hall–Kier alpha value is -6.64. The van der Waals surface area contributed by atoms with Crippen molar-refractivity contribution in [2.75, 3.05) is 4.90 Å². The van der Waals surface area contributed by atoms with E-state index in [1.807, 2.05) is 0 Å². The molecule has 1 aromatic heterocycles. The first-order valence-corrected chi connectivity index (χ1v) is 19.7. The zero-order valence-corrected chi connectivity index (χ0v) is 32.1. The minimum absolute atomic E-state index is 0.0786. The predicted octanol–water partition coefficient (Wildman–Crippen LogP) is 15.0. The molecule has 1 heterocycles. The van der Waals surface area contributed by atoms with Crippen LogP contribution in [0.1, 0.15) is 49.9 Å². The molecule has 0 aliphatic heterocycles. The molecule has 0 unspecified atom stereocenters. The number of para-hydroxylation sites is 1. The Bertz CT molecular complexity index is 3030. The average Bonchev–Trinajstić information content (AvgIpc) is 3.81. The quantitative estimate of drug-likeness (QED) is 0.176. The minimum atomic E-state index is -0.0943. The van der Waals surface area contributed by atoms with Crippen LogP contribution in [0.3, 0.4) is 0 Å². The van der Waals surface area contributed by atoms with E-state index in [1.54, 1.807) is 0 Å². The van der Waals surface area contributed by atoms with Crippen molar-refractivity contribution in [3.8, 4) is 44.5 Å². The third kappa shape index (κ3) is 4.62. The molecule has 0 spiro atoms. The molecule has 0 N–H and O–H groups in total. The van der Waals surface area contributed by atoms with Gasteiger partial charge in [0, 0.05) is 27.5 Å². The van der Waals surface area contributed by atoms with Crippen LogP contribution in [0.4, 0.5) is 17.1 Å². The monoisotopic (exact) mass is 719 g/mol. The molecule has 56 heavy (non-hydrogen) atoms. The maximum atomic E-state index is 6.55. The summed E-state index contributed by atoms with van der Waals surface area (Å²) in [5.41, 5.74) is 20.3. The number of rotatable bonds is 5. The fourth-order valence-corrected chi connectivity index (χ4v) is 9.96. The van der Waals surface area contributed by atoms with E-state index in [-0.39, 0.29) is 10.8 Å². The van der Waals surface area contributed by atoms with Crippen molar-refractivity contribution in [2.45, 2.75) is 38.5 Å². The first kappa shape index (κ1) is 32.8. The van der Waals surface area contributed by atoms with Crippen LogP contribution in [0.15, 0.2) is 180 Å². The SMILES string of the molecule is CC1(C)c2ccccc2-c2cc(-c3c(-c4ccccc4)cccc3N(c3ccc4c(c3)-c3ccccc3C4(C)C)c3cccc4oc5ccccc5c34)ccc21. The highest BCUT2D eigenvalue weighted by atomic mass is 16.3. The maximum absolute atomic E-state index is 6.55. The molecule has 0 radical (unpaired) electrons. The Morgan fingerprint density at radius 1 is 0.393 bits per heavy atom. The van der Waals surface area contributed by atoms with Gasteiger partial charge in [0.25, 0.3) is 0 Å². The van der Waals surface area contributed by atoms with Gasteiger partial charge in [-0.05, 0) is 104 Å². The summed E-state index contributed by atoms with van der Waals surface area (Å²) in [5.74, 6) is 0. The van der Waals surface area contributed by atoms with E-state index in [0.29, 0.717) is 0 Å². The fourth-order valence-electron chi connectivity index (χ4n) is 9.96. The molecule has 2 aliphatic carbocycles. The van der Waals surface area contributed by atoms with Crippen LogP contribution in [0.2, 0.25) is 0 Å². The van der Waals surface area contributed by atoms with Crippen LogP contribution < -0.4 is 4.90 Å². The summed E-state index contributed by atoms with van der Waals surface area (Å²) in [7, 11) is 0. The Morgan fingerprint density at radius 3 is 1.70 bits per heavy atom. The van der Waals surface area contributed by atoms with Crippen molar-refractivity contribution in [3.05, 3.63) is 198 Å². The lowest BCUT2D eigenvalue weighted by Crippen LogP contribution is -2.16. The minimum Gasteiger partial charge on any atom is -0.456 e. The van der Waals surface area contributed by atoms with Crippen molar-refractivity contribution >= 4 is 39.0 Å². The summed E-state index contributed by atoms with van der Waals surface area (Å²) < 4.78 is 6.55. The van der Waals surface area contributed by atoms with E-state index < -0.39 is 0 Å². The van der Waals surface area contributed by atoms with Crippen molar-refractivity contribution in [1.29, 1.82) is 0 Å². The summed E-state index contributed by atoms with van der Waals surface area (Å²) in [6.45, 7) is 9.40. The molecule has 2 nitrogen and oxygen atoms in total. The molecule has 0 saturated carbocycles. The van der Waals surface area contributed by atoms with E-state index in [9.17, 15) is 0 Å². The number of anilines is 3. The largest absolute Gasteiger partial charge is 0.456 e. The first-order valence-electron chi connectivity index (χ1n) is 19.7. The predicted molar refractivity (Wildman–Crippen MR) is 234 cm³/mol. The third-order valence-electron chi connectivity index (χ3n) is 12.7. The topological polar surface area (TPSA) is 16.4 Å². The molecule has 11 rings (SSSR count). The van der Waals surface area contributed by atoms with Crippen molar-refractivity contribution in [1.82, 2.24) is 0 Å². The van der Waals surface area contributed by atoms with Gasteiger partial charge in [0.1, 0.15) is 11.2 Å². The molecule has 9 aromatic rings. The maximum Gasteiger partial charge on any atom is 0.137 e. The zero-order chi connectivity index (χ0) is 37.8. The van der Waals surface area contributed by atoms with Gasteiger partial charge < -0.3 is 9.32 Å². The normalized spacial score (nSPS) is 14.4. The summed E-state index contributed by atoms with van der Waals surface area (Å²) in [4.78, 5) is 2.49. The summed E-state index contributed by atoms with van der Waals surface area (Å²) >= 11 is 0. The van der Waals surface area contributed by atoms with Crippen LogP contribution in [-0.2, 0) is 10.8 Å². The zero-order valence-electron chi connectivity index (χ0n) is 32.1. The Kier molecular flexibility index (Phi) is 6.98. The van der Waals surface area contributed by atoms with Gasteiger partial charge in [-0.25, -0.2) is 0 Å². The van der Waals surface area contributed by atoms with E-state index in [2.05, 4.69) is 209 Å². The lowest BCUT2D eigenvalue weighted by atomic mass is 9.82. The smallest absolute Gasteiger partial charge is 0.137 e. The molecule has 0 saturated heterocycles. The van der Waals surface area contributed by atoms with E-state index in [0.717, 1.165) is 39.0 Å². The van der Waals surface area contributed by atoms with Crippen molar-refractivity contribution in [2.24, 2.45) is 0 Å². The highest BCUT2D eigenvalue weighted by molar-refractivity contribution is 6.14. The molecule has 0 fully saturated rings. The second-order valence-corrected chi connectivity index (χ2v) is 16.5. The molecular weight excluding hydrogens is 679 g/mol. The van der Waals surface area contributed by atoms with E-state index in [1.165, 1.54) is 66.8 Å². The summed E-state index contributed by atoms with van der Waals surface area (Å²) in [6.07, 6.45) is 0. The second kappa shape index (κ2) is 11.9. The highest BCUT2D eigenvalue weighted by Crippen LogP contribution is 2.55. The first-order chi connectivity index (χ1) is 27.3. The van der Waals surface area contributed by atoms with Gasteiger partial charge in [-0.2, -0.15) is 0 Å². The van der Waals surface area contributed by atoms with Gasteiger partial charge in [-0.15, -0.1) is 0 Å². The molecule has 0 amide bonds. The number of benzene rings is 8. The molecule has 0 bridgehead atoms. The number of fused-ring (bicyclic) bond motifs is 9. The second-order valence-electron chi connectivity index (χ2n) is 16.5. The standard InChI is InChI=1S/C54H41NO/c1-53(2)43-22-11-8-18-38(43)41-32-35(28-30-45(41)53)51-37(34-16-6-5-7-17-34)21-14-24-47(51)55(48-25-15-27-50-52(48)40-20-10-13-26-49(40)56-50)36-29-31-46-42(33-36)39-19-9-12-23-44(39)54(46,3)4/h5-33H,1-4H3. The summed E-state index contributed by atoms with van der Waals surface area (Å²) in [6, 6.07) is 64.7. The lowest BCUT2D eigenvalue weighted by molar-refractivity contribution is 0.660. The van der Waals surface area contributed by atoms with E-state index in [4.69, 9.17) is 4.42 Å². The fraction of sp³-hybridized carbons (Fsp3) is 0.111. The molecular formula is C54H41NO. The van der Waals surface area contributed by atoms with Gasteiger partial charge in [-0.3, -0.25) is 0 Å². The number of hydrogen-bond donors (Lipinski definition) is 0. The van der Waals surface area contributed by atoms with Gasteiger partial charge in [0.15, 0.2) is 0 Å². The average molecular weight is 720 g/mol. The van der Waals surface area contributed by atoms with Crippen molar-refractivity contribution < 1.29 is 4.42 Å². The molecule has 2 heteroatoms. The van der Waals surface area contributed by atoms with Crippen LogP contribution in [-0.4, -0.2) is 0 Å². The number of nitrogens with zero attached hydrogens (tertiary/aromatic N) is 1. The van der Waals surface area contributed by atoms with Gasteiger partial charge in [0.05, 0.1) is 16.8 Å². The van der Waals surface area contributed by atoms with Crippen molar-refractivity contribution in [3.63, 3.8) is 0 Å².